The Hall–Kier alpha value is -1.68. The van der Waals surface area contributed by atoms with Crippen LogP contribution in [0.1, 0.15) is 28.3 Å². The SMILES string of the molecule is O=C(NC1CC1c1ccccc1)c1ccc(F)c(Br)c1. The van der Waals surface area contributed by atoms with E-state index in [0.29, 0.717) is 16.0 Å². The summed E-state index contributed by atoms with van der Waals surface area (Å²) in [5, 5.41) is 2.98. The van der Waals surface area contributed by atoms with Crippen LogP contribution in [0.25, 0.3) is 0 Å². The Morgan fingerprint density at radius 2 is 1.95 bits per heavy atom. The second-order valence-corrected chi connectivity index (χ2v) is 5.82. The Labute approximate surface area is 125 Å². The van der Waals surface area contributed by atoms with Gasteiger partial charge in [-0.1, -0.05) is 30.3 Å². The van der Waals surface area contributed by atoms with Gasteiger partial charge in [-0.05, 0) is 46.1 Å². The summed E-state index contributed by atoms with van der Waals surface area (Å²) in [6.07, 6.45) is 0.956. The van der Waals surface area contributed by atoms with E-state index in [1.807, 2.05) is 18.2 Å². The molecule has 0 heterocycles. The number of amides is 1. The van der Waals surface area contributed by atoms with E-state index in [4.69, 9.17) is 0 Å². The van der Waals surface area contributed by atoms with Crippen molar-refractivity contribution in [1.29, 1.82) is 0 Å². The average molecular weight is 334 g/mol. The number of halogens is 2. The Kier molecular flexibility index (Phi) is 3.57. The zero-order valence-electron chi connectivity index (χ0n) is 10.6. The number of carbonyl (C=O) groups excluding carboxylic acids is 1. The molecule has 0 spiro atoms. The van der Waals surface area contributed by atoms with Crippen LogP contribution in [-0.4, -0.2) is 11.9 Å². The Morgan fingerprint density at radius 1 is 1.20 bits per heavy atom. The number of hydrogen-bond acceptors (Lipinski definition) is 1. The van der Waals surface area contributed by atoms with E-state index in [0.717, 1.165) is 6.42 Å². The van der Waals surface area contributed by atoms with Crippen LogP contribution in [0.3, 0.4) is 0 Å². The fourth-order valence-corrected chi connectivity index (χ4v) is 2.69. The second kappa shape index (κ2) is 5.37. The summed E-state index contributed by atoms with van der Waals surface area (Å²) in [6.45, 7) is 0. The highest BCUT2D eigenvalue weighted by Gasteiger charge is 2.39. The van der Waals surface area contributed by atoms with E-state index in [1.54, 1.807) is 0 Å². The fourth-order valence-electron chi connectivity index (χ4n) is 2.31. The van der Waals surface area contributed by atoms with Crippen LogP contribution in [0.5, 0.6) is 0 Å². The molecular formula is C16H13BrFNO. The first-order valence-corrected chi connectivity index (χ1v) is 7.25. The lowest BCUT2D eigenvalue weighted by Gasteiger charge is -2.06. The maximum absolute atomic E-state index is 13.1. The van der Waals surface area contributed by atoms with E-state index in [1.165, 1.54) is 23.8 Å². The van der Waals surface area contributed by atoms with Crippen molar-refractivity contribution in [2.24, 2.45) is 0 Å². The molecule has 1 saturated carbocycles. The predicted octanol–water partition coefficient (Wildman–Crippen LogP) is 3.87. The van der Waals surface area contributed by atoms with Gasteiger partial charge in [-0.2, -0.15) is 0 Å². The molecule has 3 rings (SSSR count). The smallest absolute Gasteiger partial charge is 0.251 e. The molecule has 2 atom stereocenters. The molecule has 0 bridgehead atoms. The fraction of sp³-hybridized carbons (Fsp3) is 0.188. The standard InChI is InChI=1S/C16H13BrFNO/c17-13-8-11(6-7-14(13)18)16(20)19-15-9-12(15)10-4-2-1-3-5-10/h1-8,12,15H,9H2,(H,19,20). The summed E-state index contributed by atoms with van der Waals surface area (Å²) < 4.78 is 13.4. The van der Waals surface area contributed by atoms with Crippen LogP contribution in [0.4, 0.5) is 4.39 Å². The van der Waals surface area contributed by atoms with Crippen molar-refractivity contribution in [3.63, 3.8) is 0 Å². The molecule has 2 aromatic rings. The van der Waals surface area contributed by atoms with Crippen molar-refractivity contribution in [2.75, 3.05) is 0 Å². The third-order valence-corrected chi connectivity index (χ3v) is 4.12. The van der Waals surface area contributed by atoms with E-state index in [9.17, 15) is 9.18 Å². The highest BCUT2D eigenvalue weighted by atomic mass is 79.9. The highest BCUT2D eigenvalue weighted by Crippen LogP contribution is 2.40. The van der Waals surface area contributed by atoms with Gasteiger partial charge in [0, 0.05) is 17.5 Å². The molecule has 0 saturated heterocycles. The van der Waals surface area contributed by atoms with Gasteiger partial charge in [-0.3, -0.25) is 4.79 Å². The van der Waals surface area contributed by atoms with E-state index >= 15 is 0 Å². The normalized spacial score (nSPS) is 20.5. The first kappa shape index (κ1) is 13.3. The minimum Gasteiger partial charge on any atom is -0.349 e. The molecule has 2 aromatic carbocycles. The molecule has 102 valence electrons. The maximum Gasteiger partial charge on any atom is 0.251 e. The van der Waals surface area contributed by atoms with Crippen LogP contribution in [-0.2, 0) is 0 Å². The molecule has 1 aliphatic rings. The minimum atomic E-state index is -0.366. The molecular weight excluding hydrogens is 321 g/mol. The monoisotopic (exact) mass is 333 g/mol. The van der Waals surface area contributed by atoms with Crippen LogP contribution in [0.2, 0.25) is 0 Å². The van der Waals surface area contributed by atoms with Gasteiger partial charge in [0.15, 0.2) is 0 Å². The summed E-state index contributed by atoms with van der Waals surface area (Å²) in [4.78, 5) is 12.1. The molecule has 20 heavy (non-hydrogen) atoms. The summed E-state index contributed by atoms with van der Waals surface area (Å²) in [5.41, 5.74) is 1.72. The van der Waals surface area contributed by atoms with Crippen LogP contribution < -0.4 is 5.32 Å². The van der Waals surface area contributed by atoms with Crippen molar-refractivity contribution < 1.29 is 9.18 Å². The molecule has 1 amide bonds. The van der Waals surface area contributed by atoms with E-state index in [-0.39, 0.29) is 17.8 Å². The van der Waals surface area contributed by atoms with Gasteiger partial charge in [-0.15, -0.1) is 0 Å². The molecule has 4 heteroatoms. The Morgan fingerprint density at radius 3 is 2.65 bits per heavy atom. The van der Waals surface area contributed by atoms with Gasteiger partial charge >= 0.3 is 0 Å². The van der Waals surface area contributed by atoms with E-state index < -0.39 is 0 Å². The molecule has 2 nitrogen and oxygen atoms in total. The van der Waals surface area contributed by atoms with Crippen molar-refractivity contribution >= 4 is 21.8 Å². The first-order valence-electron chi connectivity index (χ1n) is 6.46. The van der Waals surface area contributed by atoms with Gasteiger partial charge < -0.3 is 5.32 Å². The van der Waals surface area contributed by atoms with Gasteiger partial charge in [0.25, 0.3) is 5.91 Å². The molecule has 1 fully saturated rings. The first-order chi connectivity index (χ1) is 9.65. The summed E-state index contributed by atoms with van der Waals surface area (Å²) in [5.74, 6) is -0.131. The molecule has 1 aliphatic carbocycles. The van der Waals surface area contributed by atoms with Crippen LogP contribution >= 0.6 is 15.9 Å². The lowest BCUT2D eigenvalue weighted by atomic mass is 10.1. The summed E-state index contributed by atoms with van der Waals surface area (Å²) in [7, 11) is 0. The number of benzene rings is 2. The lowest BCUT2D eigenvalue weighted by molar-refractivity contribution is 0.0950. The van der Waals surface area contributed by atoms with Gasteiger partial charge in [0.2, 0.25) is 0 Å². The number of carbonyl (C=O) groups is 1. The lowest BCUT2D eigenvalue weighted by Crippen LogP contribution is -2.26. The number of nitrogens with one attached hydrogen (secondary N) is 1. The molecule has 0 aromatic heterocycles. The highest BCUT2D eigenvalue weighted by molar-refractivity contribution is 9.10. The van der Waals surface area contributed by atoms with Crippen molar-refractivity contribution in [3.05, 3.63) is 69.9 Å². The number of rotatable bonds is 3. The summed E-state index contributed by atoms with van der Waals surface area (Å²) >= 11 is 3.09. The van der Waals surface area contributed by atoms with Crippen molar-refractivity contribution in [2.45, 2.75) is 18.4 Å². The molecule has 0 radical (unpaired) electrons. The predicted molar refractivity (Wildman–Crippen MR) is 79.2 cm³/mol. The topological polar surface area (TPSA) is 29.1 Å². The third-order valence-electron chi connectivity index (χ3n) is 3.52. The summed E-state index contributed by atoms with van der Waals surface area (Å²) in [6, 6.07) is 14.6. The van der Waals surface area contributed by atoms with E-state index in [2.05, 4.69) is 33.4 Å². The van der Waals surface area contributed by atoms with Gasteiger partial charge in [0.05, 0.1) is 4.47 Å². The van der Waals surface area contributed by atoms with Crippen LogP contribution in [0, 0.1) is 5.82 Å². The molecule has 0 aliphatic heterocycles. The van der Waals surface area contributed by atoms with Gasteiger partial charge in [-0.25, -0.2) is 4.39 Å². The zero-order chi connectivity index (χ0) is 14.1. The third kappa shape index (κ3) is 2.75. The van der Waals surface area contributed by atoms with Crippen LogP contribution in [0.15, 0.2) is 53.0 Å². The van der Waals surface area contributed by atoms with Crippen molar-refractivity contribution in [1.82, 2.24) is 5.32 Å². The second-order valence-electron chi connectivity index (χ2n) is 4.96. The minimum absolute atomic E-state index is 0.158. The average Bonchev–Trinajstić information content (AvgIpc) is 3.22. The molecule has 2 unspecified atom stereocenters. The number of hydrogen-bond donors (Lipinski definition) is 1. The largest absolute Gasteiger partial charge is 0.349 e. The maximum atomic E-state index is 13.1. The Bertz CT molecular complexity index is 644. The molecule has 1 N–H and O–H groups in total. The van der Waals surface area contributed by atoms with Crippen molar-refractivity contribution in [3.8, 4) is 0 Å². The van der Waals surface area contributed by atoms with Gasteiger partial charge in [0.1, 0.15) is 5.82 Å². The quantitative estimate of drug-likeness (QED) is 0.907. The zero-order valence-corrected chi connectivity index (χ0v) is 12.2. The Balaban J connectivity index is 1.65.